The molecule has 0 fully saturated rings. The molecule has 1 unspecified atom stereocenters. The minimum absolute atomic E-state index is 0.104. The van der Waals surface area contributed by atoms with Crippen molar-refractivity contribution in [2.24, 2.45) is 0 Å². The second-order valence-corrected chi connectivity index (χ2v) is 5.09. The molecule has 4 heteroatoms. The lowest BCUT2D eigenvalue weighted by molar-refractivity contribution is 0.438. The lowest BCUT2D eigenvalue weighted by Gasteiger charge is -2.13. The number of nitrogens with one attached hydrogen (secondary N) is 1. The van der Waals surface area contributed by atoms with Gasteiger partial charge in [0, 0.05) is 6.04 Å². The first-order valence-corrected chi connectivity index (χ1v) is 6.80. The molecule has 0 radical (unpaired) electrons. The molecule has 0 bridgehead atoms. The van der Waals surface area contributed by atoms with Crippen molar-refractivity contribution in [3.63, 3.8) is 0 Å². The summed E-state index contributed by atoms with van der Waals surface area (Å²) >= 11 is 3.37. The molecule has 0 heterocycles. The summed E-state index contributed by atoms with van der Waals surface area (Å²) in [5.74, 6) is 0.449. The fourth-order valence-electron chi connectivity index (χ4n) is 1.68. The van der Waals surface area contributed by atoms with Crippen molar-refractivity contribution in [2.75, 3.05) is 7.05 Å². The minimum atomic E-state index is -0.365. The molecule has 2 nitrogen and oxygen atoms in total. The summed E-state index contributed by atoms with van der Waals surface area (Å²) in [5.41, 5.74) is 0.888. The van der Waals surface area contributed by atoms with Gasteiger partial charge in [-0.05, 0) is 59.7 Å². The summed E-state index contributed by atoms with van der Waals surface area (Å²) in [5, 5.41) is 3.07. The highest BCUT2D eigenvalue weighted by Gasteiger charge is 2.10. The van der Waals surface area contributed by atoms with E-state index >= 15 is 0 Å². The summed E-state index contributed by atoms with van der Waals surface area (Å²) in [6, 6.07) is 12.5. The van der Waals surface area contributed by atoms with Crippen molar-refractivity contribution in [3.8, 4) is 11.5 Å². The van der Waals surface area contributed by atoms with E-state index < -0.39 is 0 Å². The Hall–Kier alpha value is -1.39. The minimum Gasteiger partial charge on any atom is -0.453 e. The summed E-state index contributed by atoms with van der Waals surface area (Å²) in [4.78, 5) is 0. The average Bonchev–Trinajstić information content (AvgIpc) is 2.42. The first-order valence-electron chi connectivity index (χ1n) is 6.01. The zero-order chi connectivity index (χ0) is 13.8. The van der Waals surface area contributed by atoms with Gasteiger partial charge in [-0.3, -0.25) is 0 Å². The van der Waals surface area contributed by atoms with Gasteiger partial charge in [-0.2, -0.15) is 0 Å². The lowest BCUT2D eigenvalue weighted by Crippen LogP contribution is -2.12. The second-order valence-electron chi connectivity index (χ2n) is 4.23. The van der Waals surface area contributed by atoms with Crippen LogP contribution in [0.5, 0.6) is 11.5 Å². The van der Waals surface area contributed by atoms with Crippen LogP contribution in [0.2, 0.25) is 0 Å². The number of ether oxygens (including phenoxy) is 1. The van der Waals surface area contributed by atoms with Crippen LogP contribution in [0.1, 0.15) is 18.5 Å². The Bertz CT molecular complexity index is 574. The van der Waals surface area contributed by atoms with E-state index in [-0.39, 0.29) is 17.6 Å². The zero-order valence-corrected chi connectivity index (χ0v) is 12.4. The Kier molecular flexibility index (Phi) is 4.56. The summed E-state index contributed by atoms with van der Waals surface area (Å²) < 4.78 is 20.4. The highest BCUT2D eigenvalue weighted by Crippen LogP contribution is 2.31. The molecule has 2 aromatic carbocycles. The van der Waals surface area contributed by atoms with Gasteiger partial charge < -0.3 is 10.1 Å². The van der Waals surface area contributed by atoms with Crippen LogP contribution in [0, 0.1) is 5.82 Å². The van der Waals surface area contributed by atoms with E-state index in [1.165, 1.54) is 6.07 Å². The van der Waals surface area contributed by atoms with Crippen LogP contribution >= 0.6 is 15.9 Å². The summed E-state index contributed by atoms with van der Waals surface area (Å²) in [6.07, 6.45) is 0. The highest BCUT2D eigenvalue weighted by molar-refractivity contribution is 9.10. The van der Waals surface area contributed by atoms with E-state index in [1.54, 1.807) is 12.1 Å². The number of halogens is 2. The van der Waals surface area contributed by atoms with Gasteiger partial charge in [-0.25, -0.2) is 4.39 Å². The molecular formula is C15H15BrFNO. The molecule has 0 aliphatic rings. The quantitative estimate of drug-likeness (QED) is 0.883. The molecule has 2 rings (SSSR count). The Balaban J connectivity index is 2.25. The van der Waals surface area contributed by atoms with Gasteiger partial charge in [0.1, 0.15) is 5.75 Å². The zero-order valence-electron chi connectivity index (χ0n) is 10.8. The number of benzene rings is 2. The Morgan fingerprint density at radius 1 is 1.16 bits per heavy atom. The van der Waals surface area contributed by atoms with Gasteiger partial charge in [0.05, 0.1) is 4.47 Å². The predicted molar refractivity (Wildman–Crippen MR) is 78.1 cm³/mol. The van der Waals surface area contributed by atoms with Crippen LogP contribution in [0.4, 0.5) is 4.39 Å². The van der Waals surface area contributed by atoms with Crippen LogP contribution < -0.4 is 10.1 Å². The van der Waals surface area contributed by atoms with Gasteiger partial charge in [0.2, 0.25) is 0 Å². The smallest absolute Gasteiger partial charge is 0.166 e. The topological polar surface area (TPSA) is 21.3 Å². The van der Waals surface area contributed by atoms with Crippen molar-refractivity contribution >= 4 is 15.9 Å². The van der Waals surface area contributed by atoms with Crippen LogP contribution in [0.25, 0.3) is 0 Å². The van der Waals surface area contributed by atoms with Gasteiger partial charge in [-0.1, -0.05) is 18.2 Å². The molecule has 0 spiro atoms. The number of para-hydroxylation sites is 1. The maximum atomic E-state index is 14.0. The monoisotopic (exact) mass is 323 g/mol. The fourth-order valence-corrected chi connectivity index (χ4v) is 2.05. The molecule has 19 heavy (non-hydrogen) atoms. The molecule has 0 aromatic heterocycles. The van der Waals surface area contributed by atoms with Gasteiger partial charge in [0.25, 0.3) is 0 Å². The normalized spacial score (nSPS) is 12.2. The summed E-state index contributed by atoms with van der Waals surface area (Å²) in [6.45, 7) is 1.98. The van der Waals surface area contributed by atoms with Crippen LogP contribution in [-0.4, -0.2) is 7.05 Å². The summed E-state index contributed by atoms with van der Waals surface area (Å²) in [7, 11) is 1.84. The maximum Gasteiger partial charge on any atom is 0.166 e. The number of rotatable bonds is 4. The lowest BCUT2D eigenvalue weighted by atomic mass is 10.1. The molecule has 2 aromatic rings. The second kappa shape index (κ2) is 6.17. The van der Waals surface area contributed by atoms with E-state index in [9.17, 15) is 4.39 Å². The number of hydrogen-bond acceptors (Lipinski definition) is 2. The molecule has 0 saturated heterocycles. The SMILES string of the molecule is CNC(C)c1ccc(Oc2ccccc2Br)c(F)c1. The van der Waals surface area contributed by atoms with Gasteiger partial charge in [0.15, 0.2) is 11.6 Å². The highest BCUT2D eigenvalue weighted by atomic mass is 79.9. The first kappa shape index (κ1) is 14.0. The van der Waals surface area contributed by atoms with E-state index in [4.69, 9.17) is 4.74 Å². The van der Waals surface area contributed by atoms with Gasteiger partial charge >= 0.3 is 0 Å². The Labute approximate surface area is 120 Å². The van der Waals surface area contributed by atoms with Crippen molar-refractivity contribution in [1.29, 1.82) is 0 Å². The largest absolute Gasteiger partial charge is 0.453 e. The van der Waals surface area contributed by atoms with Crippen LogP contribution in [0.3, 0.4) is 0 Å². The van der Waals surface area contributed by atoms with Crippen molar-refractivity contribution < 1.29 is 9.13 Å². The van der Waals surface area contributed by atoms with E-state index in [1.807, 2.05) is 38.2 Å². The van der Waals surface area contributed by atoms with Crippen LogP contribution in [-0.2, 0) is 0 Å². The fraction of sp³-hybridized carbons (Fsp3) is 0.200. The standard InChI is InChI=1S/C15H15BrFNO/c1-10(18-2)11-7-8-15(13(17)9-11)19-14-6-4-3-5-12(14)16/h3-10,18H,1-2H3. The Morgan fingerprint density at radius 3 is 2.53 bits per heavy atom. The predicted octanol–water partition coefficient (Wildman–Crippen LogP) is 4.66. The van der Waals surface area contributed by atoms with Crippen molar-refractivity contribution in [3.05, 3.63) is 58.3 Å². The molecule has 1 N–H and O–H groups in total. The molecule has 0 saturated carbocycles. The van der Waals surface area contributed by atoms with Crippen molar-refractivity contribution in [1.82, 2.24) is 5.32 Å². The van der Waals surface area contributed by atoms with E-state index in [0.29, 0.717) is 5.75 Å². The van der Waals surface area contributed by atoms with E-state index in [0.717, 1.165) is 10.0 Å². The molecule has 0 aliphatic heterocycles. The first-order chi connectivity index (χ1) is 9.11. The number of hydrogen-bond donors (Lipinski definition) is 1. The average molecular weight is 324 g/mol. The Morgan fingerprint density at radius 2 is 1.89 bits per heavy atom. The third kappa shape index (κ3) is 3.33. The molecular weight excluding hydrogens is 309 g/mol. The third-order valence-electron chi connectivity index (χ3n) is 2.95. The molecule has 1 atom stereocenters. The van der Waals surface area contributed by atoms with Crippen molar-refractivity contribution in [2.45, 2.75) is 13.0 Å². The maximum absolute atomic E-state index is 14.0. The molecule has 0 aliphatic carbocycles. The van der Waals surface area contributed by atoms with Crippen LogP contribution in [0.15, 0.2) is 46.9 Å². The molecule has 100 valence electrons. The molecule has 0 amide bonds. The third-order valence-corrected chi connectivity index (χ3v) is 3.60. The van der Waals surface area contributed by atoms with E-state index in [2.05, 4.69) is 21.2 Å². The van der Waals surface area contributed by atoms with Gasteiger partial charge in [-0.15, -0.1) is 0 Å².